The lowest BCUT2D eigenvalue weighted by Crippen LogP contribution is -2.32. The highest BCUT2D eigenvalue weighted by molar-refractivity contribution is 5.91. The van der Waals surface area contributed by atoms with Gasteiger partial charge in [-0.2, -0.15) is 26.3 Å². The van der Waals surface area contributed by atoms with Crippen molar-refractivity contribution in [2.75, 3.05) is 0 Å². The molecule has 0 bridgehead atoms. The second-order valence-corrected chi connectivity index (χ2v) is 14.4. The minimum Gasteiger partial charge on any atom is -0.166 e. The van der Waals surface area contributed by atoms with E-state index in [0.717, 1.165) is 68.1 Å². The minimum absolute atomic E-state index is 0.0633. The molecule has 0 fully saturated rings. The van der Waals surface area contributed by atoms with Crippen molar-refractivity contribution < 1.29 is 26.3 Å². The van der Waals surface area contributed by atoms with Crippen LogP contribution in [-0.4, -0.2) is 0 Å². The molecule has 0 unspecified atom stereocenters. The molecule has 0 saturated carbocycles. The fraction of sp³-hybridized carbons (Fsp3) is 0.268. The van der Waals surface area contributed by atoms with Gasteiger partial charge >= 0.3 is 12.4 Å². The molecular formula is C41H36F6. The predicted octanol–water partition coefficient (Wildman–Crippen LogP) is 10.7. The first-order chi connectivity index (χ1) is 21.8. The molecule has 2 aliphatic rings. The van der Waals surface area contributed by atoms with Crippen molar-refractivity contribution >= 4 is 17.2 Å². The highest BCUT2D eigenvalue weighted by Crippen LogP contribution is 2.39. The predicted molar refractivity (Wildman–Crippen MR) is 178 cm³/mol. The van der Waals surface area contributed by atoms with Gasteiger partial charge < -0.3 is 0 Å². The van der Waals surface area contributed by atoms with Gasteiger partial charge in [0.05, 0.1) is 11.1 Å². The number of allylic oxidation sites excluding steroid dienone is 4. The van der Waals surface area contributed by atoms with Gasteiger partial charge in [-0.3, -0.25) is 0 Å². The van der Waals surface area contributed by atoms with E-state index in [9.17, 15) is 26.3 Å². The summed E-state index contributed by atoms with van der Waals surface area (Å²) in [6.45, 7) is 12.8. The normalized spacial score (nSPS) is 14.5. The van der Waals surface area contributed by atoms with E-state index in [1.807, 2.05) is 6.08 Å². The Balaban J connectivity index is 1.78. The van der Waals surface area contributed by atoms with Crippen molar-refractivity contribution in [1.29, 1.82) is 0 Å². The van der Waals surface area contributed by atoms with E-state index in [1.165, 1.54) is 29.8 Å². The average molecular weight is 643 g/mol. The molecule has 0 atom stereocenters. The molecule has 242 valence electrons. The van der Waals surface area contributed by atoms with E-state index in [-0.39, 0.29) is 5.41 Å². The van der Waals surface area contributed by atoms with E-state index < -0.39 is 28.9 Å². The van der Waals surface area contributed by atoms with Crippen molar-refractivity contribution in [3.8, 4) is 11.1 Å². The summed E-state index contributed by atoms with van der Waals surface area (Å²) in [5, 5.41) is 1.86. The highest BCUT2D eigenvalue weighted by Gasteiger charge is 2.33. The van der Waals surface area contributed by atoms with Gasteiger partial charge in [-0.25, -0.2) is 0 Å². The zero-order chi connectivity index (χ0) is 34.1. The molecule has 0 radical (unpaired) electrons. The summed E-state index contributed by atoms with van der Waals surface area (Å²) in [5.74, 6) is 0. The van der Waals surface area contributed by atoms with E-state index in [0.29, 0.717) is 23.1 Å². The van der Waals surface area contributed by atoms with Crippen LogP contribution in [0.5, 0.6) is 0 Å². The molecule has 0 aromatic heterocycles. The van der Waals surface area contributed by atoms with Gasteiger partial charge in [-0.05, 0) is 120 Å². The maximum absolute atomic E-state index is 13.6. The van der Waals surface area contributed by atoms with Gasteiger partial charge in [0.1, 0.15) is 0 Å². The van der Waals surface area contributed by atoms with Gasteiger partial charge in [0, 0.05) is 0 Å². The Hall–Kier alpha value is -4.32. The Labute approximate surface area is 271 Å². The van der Waals surface area contributed by atoms with Gasteiger partial charge in [0.25, 0.3) is 0 Å². The molecular weight excluding hydrogens is 606 g/mol. The van der Waals surface area contributed by atoms with Gasteiger partial charge in [0.15, 0.2) is 0 Å². The molecule has 0 spiro atoms. The van der Waals surface area contributed by atoms with E-state index in [4.69, 9.17) is 0 Å². The molecule has 0 saturated heterocycles. The number of fused-ring (bicyclic) bond motifs is 3. The van der Waals surface area contributed by atoms with Crippen LogP contribution in [-0.2, 0) is 23.2 Å². The van der Waals surface area contributed by atoms with Crippen molar-refractivity contribution in [3.05, 3.63) is 146 Å². The second-order valence-electron chi connectivity index (χ2n) is 14.4. The van der Waals surface area contributed by atoms with Gasteiger partial charge in [0.2, 0.25) is 0 Å². The first-order valence-electron chi connectivity index (χ1n) is 15.6. The zero-order valence-electron chi connectivity index (χ0n) is 27.2. The molecule has 0 nitrogen and oxygen atoms in total. The standard InChI is InChI=1S/C41H36F6/c1-38(2,3)30-19-20-31-27(21-30)22-33-32(31)23-34(37(39(4,5)6)36(33)24-9-7-8-10-24)35(25-11-15-28(16-12-25)40(42,43)44)26-13-17-29(18-14-26)41(45,46)47/h7-9,11-23H,10H2,1-6H3. The number of benzene rings is 4. The Kier molecular flexibility index (Phi) is 7.73. The van der Waals surface area contributed by atoms with Gasteiger partial charge in [-0.1, -0.05) is 102 Å². The summed E-state index contributed by atoms with van der Waals surface area (Å²) >= 11 is 0. The van der Waals surface area contributed by atoms with E-state index >= 15 is 0 Å². The average Bonchev–Trinajstić information content (AvgIpc) is 3.63. The third-order valence-corrected chi connectivity index (χ3v) is 8.99. The first kappa shape index (κ1) is 32.6. The summed E-state index contributed by atoms with van der Waals surface area (Å²) in [6.07, 6.45) is 0.0983. The maximum Gasteiger partial charge on any atom is 0.416 e. The van der Waals surface area contributed by atoms with Crippen molar-refractivity contribution in [1.82, 2.24) is 0 Å². The molecule has 0 N–H and O–H groups in total. The van der Waals surface area contributed by atoms with Crippen LogP contribution in [0.2, 0.25) is 0 Å². The number of alkyl halides is 6. The lowest BCUT2D eigenvalue weighted by atomic mass is 9.76. The monoisotopic (exact) mass is 642 g/mol. The SMILES string of the molecule is CC(C)(C)c1ccc2c(c1)C=c1c-2cc(=C(c2ccc(C(F)(F)F)cc2)c2ccc(C(F)(F)F)cc2)c(C(C)(C)C)c1C1=CC=CC1. The molecule has 47 heavy (non-hydrogen) atoms. The fourth-order valence-electron chi connectivity index (χ4n) is 6.69. The first-order valence-corrected chi connectivity index (χ1v) is 15.6. The van der Waals surface area contributed by atoms with Crippen LogP contribution in [0.25, 0.3) is 28.3 Å². The summed E-state index contributed by atoms with van der Waals surface area (Å²) in [4.78, 5) is 0. The van der Waals surface area contributed by atoms with E-state index in [2.05, 4.69) is 84.0 Å². The Bertz CT molecular complexity index is 1990. The van der Waals surface area contributed by atoms with Crippen molar-refractivity contribution in [3.63, 3.8) is 0 Å². The third-order valence-electron chi connectivity index (χ3n) is 8.99. The molecule has 4 aromatic rings. The van der Waals surface area contributed by atoms with Gasteiger partial charge in [-0.15, -0.1) is 0 Å². The quantitative estimate of drug-likeness (QED) is 0.172. The summed E-state index contributed by atoms with van der Waals surface area (Å²) in [5.41, 5.74) is 6.92. The summed E-state index contributed by atoms with van der Waals surface area (Å²) in [6, 6.07) is 18.4. The molecule has 6 rings (SSSR count). The second kappa shape index (κ2) is 11.1. The van der Waals surface area contributed by atoms with Crippen LogP contribution < -0.4 is 10.4 Å². The van der Waals surface area contributed by atoms with Crippen LogP contribution in [0, 0.1) is 0 Å². The lowest BCUT2D eigenvalue weighted by Gasteiger charge is -2.27. The number of hydrogen-bond donors (Lipinski definition) is 0. The highest BCUT2D eigenvalue weighted by atomic mass is 19.4. The largest absolute Gasteiger partial charge is 0.416 e. The van der Waals surface area contributed by atoms with E-state index in [1.54, 1.807) is 0 Å². The molecule has 6 heteroatoms. The number of rotatable bonds is 3. The van der Waals surface area contributed by atoms with Crippen LogP contribution >= 0.6 is 0 Å². The van der Waals surface area contributed by atoms with Crippen LogP contribution in [0.4, 0.5) is 26.3 Å². The van der Waals surface area contributed by atoms with Crippen LogP contribution in [0.15, 0.2) is 91.0 Å². The molecule has 0 aliphatic heterocycles. The summed E-state index contributed by atoms with van der Waals surface area (Å²) < 4.78 is 81.8. The molecule has 0 amide bonds. The van der Waals surface area contributed by atoms with Crippen molar-refractivity contribution in [2.24, 2.45) is 0 Å². The third kappa shape index (κ3) is 6.10. The Morgan fingerprint density at radius 2 is 1.13 bits per heavy atom. The Morgan fingerprint density at radius 3 is 1.57 bits per heavy atom. The van der Waals surface area contributed by atoms with Crippen LogP contribution in [0.3, 0.4) is 0 Å². The fourth-order valence-corrected chi connectivity index (χ4v) is 6.69. The topological polar surface area (TPSA) is 0 Å². The van der Waals surface area contributed by atoms with Crippen molar-refractivity contribution in [2.45, 2.75) is 71.1 Å². The maximum atomic E-state index is 13.6. The smallest absolute Gasteiger partial charge is 0.166 e. The molecule has 2 aliphatic carbocycles. The minimum atomic E-state index is -4.53. The number of halogens is 6. The zero-order valence-corrected chi connectivity index (χ0v) is 27.2. The number of hydrogen-bond acceptors (Lipinski definition) is 0. The molecule has 0 heterocycles. The summed E-state index contributed by atoms with van der Waals surface area (Å²) in [7, 11) is 0. The van der Waals surface area contributed by atoms with Crippen LogP contribution in [0.1, 0.15) is 92.5 Å². The molecule has 4 aromatic carbocycles. The Morgan fingerprint density at radius 1 is 0.596 bits per heavy atom. The lowest BCUT2D eigenvalue weighted by molar-refractivity contribution is -0.138.